The quantitative estimate of drug-likeness (QED) is 0.617. The van der Waals surface area contributed by atoms with Gasteiger partial charge in [0, 0.05) is 31.0 Å². The minimum atomic E-state index is -0.471. The third-order valence-electron chi connectivity index (χ3n) is 5.00. The Morgan fingerprint density at radius 1 is 1.21 bits per heavy atom. The summed E-state index contributed by atoms with van der Waals surface area (Å²) in [5.74, 6) is 0.204. The van der Waals surface area contributed by atoms with Crippen molar-refractivity contribution in [1.82, 2.24) is 14.8 Å². The van der Waals surface area contributed by atoms with Crippen LogP contribution in [-0.2, 0) is 9.47 Å². The standard InChI is InChI=1S/C20H21ClN4O3/c1-24(14-5-3-13(21)4-6-14)19-18-17(8-7-16(22-18)20(26)27-2)25(23-19)15-9-11-28-12-10-15/h3-8,15H,9-12H2,1-2H3. The number of methoxy groups -OCH3 is 1. The average Bonchev–Trinajstić information content (AvgIpc) is 3.12. The Kier molecular flexibility index (Phi) is 5.19. The fraction of sp³-hybridized carbons (Fsp3) is 0.350. The number of carbonyl (C=O) groups is 1. The molecule has 2 aromatic heterocycles. The van der Waals surface area contributed by atoms with Gasteiger partial charge in [-0.3, -0.25) is 4.68 Å². The number of hydrogen-bond donors (Lipinski definition) is 0. The summed E-state index contributed by atoms with van der Waals surface area (Å²) >= 11 is 6.02. The summed E-state index contributed by atoms with van der Waals surface area (Å²) < 4.78 is 12.3. The maximum absolute atomic E-state index is 12.0. The number of anilines is 2. The largest absolute Gasteiger partial charge is 0.464 e. The van der Waals surface area contributed by atoms with E-state index in [0.29, 0.717) is 29.6 Å². The van der Waals surface area contributed by atoms with Gasteiger partial charge in [0.1, 0.15) is 11.2 Å². The van der Waals surface area contributed by atoms with Crippen LogP contribution in [-0.4, -0.2) is 48.1 Å². The van der Waals surface area contributed by atoms with Gasteiger partial charge in [-0.05, 0) is 49.2 Å². The lowest BCUT2D eigenvalue weighted by atomic mass is 10.1. The molecule has 1 aromatic carbocycles. The predicted molar refractivity (Wildman–Crippen MR) is 107 cm³/mol. The Labute approximate surface area is 167 Å². The zero-order valence-electron chi connectivity index (χ0n) is 15.8. The van der Waals surface area contributed by atoms with Gasteiger partial charge in [-0.2, -0.15) is 5.10 Å². The first-order chi connectivity index (χ1) is 13.6. The molecule has 0 radical (unpaired) electrons. The van der Waals surface area contributed by atoms with E-state index in [4.69, 9.17) is 26.2 Å². The van der Waals surface area contributed by atoms with E-state index in [9.17, 15) is 4.79 Å². The molecule has 0 amide bonds. The number of aromatic nitrogens is 3. The van der Waals surface area contributed by atoms with Gasteiger partial charge in [0.2, 0.25) is 0 Å². The van der Waals surface area contributed by atoms with Crippen molar-refractivity contribution in [1.29, 1.82) is 0 Å². The maximum Gasteiger partial charge on any atom is 0.356 e. The Balaban J connectivity index is 1.84. The molecule has 28 heavy (non-hydrogen) atoms. The summed E-state index contributed by atoms with van der Waals surface area (Å²) in [6.07, 6.45) is 1.78. The van der Waals surface area contributed by atoms with Crippen LogP contribution in [0.5, 0.6) is 0 Å². The number of ether oxygens (including phenoxy) is 2. The molecule has 146 valence electrons. The molecule has 7 nitrogen and oxygen atoms in total. The molecule has 8 heteroatoms. The van der Waals surface area contributed by atoms with E-state index < -0.39 is 5.97 Å². The highest BCUT2D eigenvalue weighted by Crippen LogP contribution is 2.33. The summed E-state index contributed by atoms with van der Waals surface area (Å²) in [6, 6.07) is 11.3. The van der Waals surface area contributed by atoms with E-state index in [-0.39, 0.29) is 11.7 Å². The number of esters is 1. The lowest BCUT2D eigenvalue weighted by Crippen LogP contribution is -2.21. The fourth-order valence-electron chi connectivity index (χ4n) is 3.44. The van der Waals surface area contributed by atoms with Crippen molar-refractivity contribution >= 4 is 40.1 Å². The zero-order valence-corrected chi connectivity index (χ0v) is 16.5. The molecule has 0 atom stereocenters. The van der Waals surface area contributed by atoms with Crippen molar-refractivity contribution < 1.29 is 14.3 Å². The van der Waals surface area contributed by atoms with E-state index in [1.165, 1.54) is 7.11 Å². The summed E-state index contributed by atoms with van der Waals surface area (Å²) in [6.45, 7) is 1.42. The van der Waals surface area contributed by atoms with Crippen LogP contribution >= 0.6 is 11.6 Å². The van der Waals surface area contributed by atoms with Crippen molar-refractivity contribution in [3.63, 3.8) is 0 Å². The number of benzene rings is 1. The van der Waals surface area contributed by atoms with Crippen LogP contribution in [0.3, 0.4) is 0 Å². The average molecular weight is 401 g/mol. The van der Waals surface area contributed by atoms with Crippen LogP contribution in [0.4, 0.5) is 11.5 Å². The number of fused-ring (bicyclic) bond motifs is 1. The van der Waals surface area contributed by atoms with E-state index in [1.54, 1.807) is 6.07 Å². The van der Waals surface area contributed by atoms with Crippen LogP contribution in [0, 0.1) is 0 Å². The van der Waals surface area contributed by atoms with Crippen molar-refractivity contribution in [2.45, 2.75) is 18.9 Å². The van der Waals surface area contributed by atoms with Crippen LogP contribution in [0.2, 0.25) is 5.02 Å². The molecule has 3 heterocycles. The Morgan fingerprint density at radius 3 is 2.61 bits per heavy atom. The van der Waals surface area contributed by atoms with E-state index in [0.717, 1.165) is 24.0 Å². The molecular weight excluding hydrogens is 380 g/mol. The topological polar surface area (TPSA) is 69.5 Å². The minimum Gasteiger partial charge on any atom is -0.464 e. The lowest BCUT2D eigenvalue weighted by molar-refractivity contribution is 0.0594. The van der Waals surface area contributed by atoms with Crippen molar-refractivity contribution in [3.05, 3.63) is 47.1 Å². The second kappa shape index (κ2) is 7.77. The fourth-order valence-corrected chi connectivity index (χ4v) is 3.57. The summed E-state index contributed by atoms with van der Waals surface area (Å²) in [7, 11) is 3.27. The molecule has 1 fully saturated rings. The minimum absolute atomic E-state index is 0.231. The van der Waals surface area contributed by atoms with Gasteiger partial charge >= 0.3 is 5.97 Å². The van der Waals surface area contributed by atoms with Gasteiger partial charge in [0.25, 0.3) is 0 Å². The highest BCUT2D eigenvalue weighted by Gasteiger charge is 2.24. The van der Waals surface area contributed by atoms with Gasteiger partial charge in [0.15, 0.2) is 5.82 Å². The number of carbonyl (C=O) groups excluding carboxylic acids is 1. The smallest absolute Gasteiger partial charge is 0.356 e. The molecule has 0 saturated carbocycles. The monoisotopic (exact) mass is 400 g/mol. The molecule has 4 rings (SSSR count). The van der Waals surface area contributed by atoms with Gasteiger partial charge in [-0.1, -0.05) is 11.6 Å². The van der Waals surface area contributed by atoms with Crippen LogP contribution in [0.1, 0.15) is 29.4 Å². The highest BCUT2D eigenvalue weighted by atomic mass is 35.5. The van der Waals surface area contributed by atoms with Gasteiger partial charge < -0.3 is 14.4 Å². The molecule has 0 unspecified atom stereocenters. The van der Waals surface area contributed by atoms with Crippen LogP contribution in [0.15, 0.2) is 36.4 Å². The van der Waals surface area contributed by atoms with Gasteiger partial charge in [-0.15, -0.1) is 0 Å². The van der Waals surface area contributed by atoms with Crippen LogP contribution in [0.25, 0.3) is 11.0 Å². The number of hydrogen-bond acceptors (Lipinski definition) is 6. The Bertz CT molecular complexity index is 997. The summed E-state index contributed by atoms with van der Waals surface area (Å²) in [4.78, 5) is 18.5. The third kappa shape index (κ3) is 3.43. The number of nitrogens with zero attached hydrogens (tertiary/aromatic N) is 4. The first kappa shape index (κ1) is 18.7. The molecule has 1 aliphatic rings. The normalized spacial score (nSPS) is 15.0. The van der Waals surface area contributed by atoms with Crippen LogP contribution < -0.4 is 4.90 Å². The summed E-state index contributed by atoms with van der Waals surface area (Å²) in [5, 5.41) is 5.54. The number of pyridine rings is 1. The van der Waals surface area contributed by atoms with E-state index in [1.807, 2.05) is 47.0 Å². The molecule has 0 spiro atoms. The molecule has 1 aliphatic heterocycles. The molecule has 0 N–H and O–H groups in total. The zero-order chi connectivity index (χ0) is 19.7. The van der Waals surface area contributed by atoms with E-state index in [2.05, 4.69) is 4.98 Å². The molecular formula is C20H21ClN4O3. The Hall–Kier alpha value is -2.64. The van der Waals surface area contributed by atoms with Crippen molar-refractivity contribution in [2.24, 2.45) is 0 Å². The number of rotatable bonds is 4. The van der Waals surface area contributed by atoms with E-state index >= 15 is 0 Å². The molecule has 0 bridgehead atoms. The number of halogens is 1. The molecule has 3 aromatic rings. The highest BCUT2D eigenvalue weighted by molar-refractivity contribution is 6.30. The third-order valence-corrected chi connectivity index (χ3v) is 5.25. The second-order valence-electron chi connectivity index (χ2n) is 6.70. The van der Waals surface area contributed by atoms with Crippen molar-refractivity contribution in [3.8, 4) is 0 Å². The molecule has 1 saturated heterocycles. The van der Waals surface area contributed by atoms with Gasteiger partial charge in [0.05, 0.1) is 18.7 Å². The first-order valence-electron chi connectivity index (χ1n) is 9.13. The Morgan fingerprint density at radius 2 is 1.93 bits per heavy atom. The van der Waals surface area contributed by atoms with Crippen molar-refractivity contribution in [2.75, 3.05) is 32.3 Å². The van der Waals surface area contributed by atoms with Gasteiger partial charge in [-0.25, -0.2) is 9.78 Å². The lowest BCUT2D eigenvalue weighted by Gasteiger charge is -2.23. The second-order valence-corrected chi connectivity index (χ2v) is 7.14. The molecule has 0 aliphatic carbocycles. The summed E-state index contributed by atoms with van der Waals surface area (Å²) in [5.41, 5.74) is 2.72. The maximum atomic E-state index is 12.0. The predicted octanol–water partition coefficient (Wildman–Crippen LogP) is 3.99. The SMILES string of the molecule is COC(=O)c1ccc2c(n1)c(N(C)c1ccc(Cl)cc1)nn2C1CCOCC1. The first-order valence-corrected chi connectivity index (χ1v) is 9.51.